The highest BCUT2D eigenvalue weighted by atomic mass is 35.5. The largest absolute Gasteiger partial charge is 0.466 e. The summed E-state index contributed by atoms with van der Waals surface area (Å²) in [5.74, 6) is 2.99. The van der Waals surface area contributed by atoms with Crippen LogP contribution in [0.25, 0.3) is 0 Å². The van der Waals surface area contributed by atoms with Gasteiger partial charge in [0.05, 0.1) is 32.9 Å². The third-order valence-electron chi connectivity index (χ3n) is 12.0. The minimum absolute atomic E-state index is 0. The van der Waals surface area contributed by atoms with E-state index < -0.39 is 5.60 Å². The maximum Gasteiger partial charge on any atom is 0.416 e. The van der Waals surface area contributed by atoms with Crippen LogP contribution >= 0.6 is 12.4 Å². The molecule has 2 aromatic heterocycles. The first-order valence-corrected chi connectivity index (χ1v) is 24.9. The molecule has 0 bridgehead atoms. The summed E-state index contributed by atoms with van der Waals surface area (Å²) in [5, 5.41) is 3.42. The van der Waals surface area contributed by atoms with Crippen LogP contribution in [-0.2, 0) is 59.0 Å². The number of nitrogens with one attached hydrogen (secondary N) is 1. The Morgan fingerprint density at radius 3 is 1.67 bits per heavy atom. The van der Waals surface area contributed by atoms with Crippen LogP contribution < -0.4 is 10.2 Å². The van der Waals surface area contributed by atoms with Crippen LogP contribution in [-0.4, -0.2) is 122 Å². The molecule has 1 N–H and O–H groups in total. The number of pyridine rings is 2. The minimum Gasteiger partial charge on any atom is -0.466 e. The lowest BCUT2D eigenvalue weighted by molar-refractivity contribution is -0.147. The molecule has 1 amide bonds. The molecule has 2 saturated heterocycles. The van der Waals surface area contributed by atoms with Crippen molar-refractivity contribution in [3.8, 4) is 0 Å². The number of aromatic nitrogens is 2. The molecule has 0 aliphatic carbocycles. The molecule has 0 saturated carbocycles. The van der Waals surface area contributed by atoms with Gasteiger partial charge in [-0.3, -0.25) is 29.1 Å². The highest BCUT2D eigenvalue weighted by Gasteiger charge is 2.30. The number of rotatable bonds is 21. The maximum absolute atomic E-state index is 12.6. The number of fused-ring (bicyclic) bond motifs is 2. The number of aryl methyl sites for hydroxylation is 4. The Bertz CT molecular complexity index is 1760. The molecular formula is C51H83ClN6O8. The van der Waals surface area contributed by atoms with E-state index in [1.54, 1.807) is 11.8 Å². The average molecular weight is 944 g/mol. The summed E-state index contributed by atoms with van der Waals surface area (Å²) in [6.07, 6.45) is 18.4. The molecule has 0 aromatic carbocycles. The Kier molecular flexibility index (Phi) is 25.9. The lowest BCUT2D eigenvalue weighted by atomic mass is 9.93. The summed E-state index contributed by atoms with van der Waals surface area (Å²) >= 11 is 0. The van der Waals surface area contributed by atoms with Gasteiger partial charge in [-0.25, -0.2) is 14.8 Å². The van der Waals surface area contributed by atoms with Gasteiger partial charge in [-0.15, -0.1) is 12.4 Å². The third kappa shape index (κ3) is 21.3. The number of amides is 1. The Morgan fingerprint density at radius 2 is 1.17 bits per heavy atom. The van der Waals surface area contributed by atoms with Gasteiger partial charge in [-0.2, -0.15) is 0 Å². The van der Waals surface area contributed by atoms with Crippen LogP contribution in [0.15, 0.2) is 24.3 Å². The zero-order valence-electron chi connectivity index (χ0n) is 41.5. The lowest BCUT2D eigenvalue weighted by Gasteiger charge is -2.38. The van der Waals surface area contributed by atoms with Gasteiger partial charge in [0.2, 0.25) is 0 Å². The van der Waals surface area contributed by atoms with Gasteiger partial charge in [-0.1, -0.05) is 50.7 Å². The molecule has 0 radical (unpaired) electrons. The van der Waals surface area contributed by atoms with Crippen molar-refractivity contribution in [3.63, 3.8) is 0 Å². The number of unbranched alkanes of at least 4 members (excludes halogenated alkanes) is 6. The van der Waals surface area contributed by atoms with Crippen LogP contribution in [0.5, 0.6) is 0 Å². The van der Waals surface area contributed by atoms with Gasteiger partial charge in [0.1, 0.15) is 17.2 Å². The second-order valence-electron chi connectivity index (χ2n) is 18.9. The number of carbonyl (C=O) groups is 4. The molecule has 372 valence electrons. The third-order valence-corrected chi connectivity index (χ3v) is 12.0. The van der Waals surface area contributed by atoms with E-state index in [9.17, 15) is 19.2 Å². The number of esters is 3. The fourth-order valence-electron chi connectivity index (χ4n) is 8.76. The zero-order chi connectivity index (χ0) is 47.0. The number of ether oxygens (including phenoxy) is 4. The molecule has 0 spiro atoms. The van der Waals surface area contributed by atoms with Crippen molar-refractivity contribution in [2.45, 2.75) is 157 Å². The summed E-state index contributed by atoms with van der Waals surface area (Å²) in [5.41, 5.74) is 4.28. The van der Waals surface area contributed by atoms with E-state index in [4.69, 9.17) is 24.2 Å². The van der Waals surface area contributed by atoms with E-state index >= 15 is 0 Å². The van der Waals surface area contributed by atoms with E-state index in [0.29, 0.717) is 39.5 Å². The average Bonchev–Trinajstić information content (AvgIpc) is 3.23. The van der Waals surface area contributed by atoms with E-state index in [1.165, 1.54) is 82.4 Å². The fourth-order valence-corrected chi connectivity index (χ4v) is 8.76. The van der Waals surface area contributed by atoms with Crippen molar-refractivity contribution in [2.75, 3.05) is 82.4 Å². The first-order valence-electron chi connectivity index (χ1n) is 24.9. The SMILES string of the molecule is CCOC(=O)CN1CC(CCCCCCc2ccc3c(n2)N(C(=O)OC(C)(C)C)CCC3)C1.CCOC(=O)CN1CC(CCCCCCc2ccc3c(n2)NCCC3)C1.CCOC(C)=O.Cl. The Labute approximate surface area is 402 Å². The minimum atomic E-state index is -0.509. The molecular weight excluding hydrogens is 860 g/mol. The normalized spacial score (nSPS) is 15.9. The molecule has 0 unspecified atom stereocenters. The van der Waals surface area contributed by atoms with Crippen LogP contribution in [0.4, 0.5) is 16.4 Å². The molecule has 6 heterocycles. The molecule has 0 atom stereocenters. The number of nitrogens with zero attached hydrogens (tertiary/aromatic N) is 5. The first kappa shape index (κ1) is 56.3. The van der Waals surface area contributed by atoms with Crippen molar-refractivity contribution in [2.24, 2.45) is 11.8 Å². The number of carbonyl (C=O) groups excluding carboxylic acids is 4. The fraction of sp³-hybridized carbons (Fsp3) is 0.725. The van der Waals surface area contributed by atoms with Crippen molar-refractivity contribution < 1.29 is 38.1 Å². The Morgan fingerprint density at radius 1 is 0.667 bits per heavy atom. The van der Waals surface area contributed by atoms with E-state index in [2.05, 4.69) is 44.1 Å². The highest BCUT2D eigenvalue weighted by Crippen LogP contribution is 2.28. The van der Waals surface area contributed by atoms with Gasteiger partial charge >= 0.3 is 24.0 Å². The predicted octanol–water partition coefficient (Wildman–Crippen LogP) is 9.18. The van der Waals surface area contributed by atoms with Crippen molar-refractivity contribution >= 4 is 48.0 Å². The van der Waals surface area contributed by atoms with E-state index in [1.807, 2.05) is 34.6 Å². The second kappa shape index (κ2) is 30.4. The van der Waals surface area contributed by atoms with Crippen molar-refractivity contribution in [1.82, 2.24) is 19.8 Å². The van der Waals surface area contributed by atoms with Crippen molar-refractivity contribution in [3.05, 3.63) is 46.8 Å². The van der Waals surface area contributed by atoms with Gasteiger partial charge in [0, 0.05) is 57.6 Å². The van der Waals surface area contributed by atoms with Crippen molar-refractivity contribution in [1.29, 1.82) is 0 Å². The summed E-state index contributed by atoms with van der Waals surface area (Å²) in [6.45, 7) is 20.8. The molecule has 4 aliphatic heterocycles. The highest BCUT2D eigenvalue weighted by molar-refractivity contribution is 5.88. The summed E-state index contributed by atoms with van der Waals surface area (Å²) < 4.78 is 20.0. The standard InChI is InChI=1S/C26H41N3O4.C21H33N3O2.C4H8O2.ClH/c1-5-32-23(30)19-28-17-20(18-28)11-8-6-7-9-13-22-15-14-21-12-10-16-29(24(21)27-22)25(31)33-26(2,3)4;1-2-26-20(25)16-24-14-17(15-24)8-5-3-4-6-10-19-12-11-18-9-7-13-22-21(18)23-19;1-3-6-4(2)5;/h14-15,20H,5-13,16-19H2,1-4H3;11-12,17H,2-10,13-16H2,1H3,(H,22,23);3H2,1-2H3;1H. The summed E-state index contributed by atoms with van der Waals surface area (Å²) in [6, 6.07) is 8.71. The number of hydrogen-bond donors (Lipinski definition) is 1. The quantitative estimate of drug-likeness (QED) is 0.0720. The Balaban J connectivity index is 0.000000313. The topological polar surface area (TPSA) is 153 Å². The molecule has 4 aliphatic rings. The molecule has 14 nitrogen and oxygen atoms in total. The molecule has 2 fully saturated rings. The number of likely N-dealkylation sites (tertiary alicyclic amines) is 2. The van der Waals surface area contributed by atoms with Crippen LogP contribution in [0.2, 0.25) is 0 Å². The van der Waals surface area contributed by atoms with Gasteiger partial charge in [0.15, 0.2) is 0 Å². The van der Waals surface area contributed by atoms with Gasteiger partial charge < -0.3 is 24.3 Å². The van der Waals surface area contributed by atoms with E-state index in [-0.39, 0.29) is 36.4 Å². The first-order chi connectivity index (χ1) is 31.3. The number of halogens is 1. The monoisotopic (exact) mass is 943 g/mol. The number of anilines is 2. The van der Waals surface area contributed by atoms with Crippen LogP contribution in [0.3, 0.4) is 0 Å². The molecule has 66 heavy (non-hydrogen) atoms. The second-order valence-corrected chi connectivity index (χ2v) is 18.9. The predicted molar refractivity (Wildman–Crippen MR) is 263 cm³/mol. The Hall–Kier alpha value is -4.01. The summed E-state index contributed by atoms with van der Waals surface area (Å²) in [7, 11) is 0. The van der Waals surface area contributed by atoms with Crippen LogP contribution in [0.1, 0.15) is 148 Å². The molecule has 15 heteroatoms. The lowest BCUT2D eigenvalue weighted by Crippen LogP contribution is -2.49. The summed E-state index contributed by atoms with van der Waals surface area (Å²) in [4.78, 5) is 61.1. The van der Waals surface area contributed by atoms with E-state index in [0.717, 1.165) is 106 Å². The number of hydrogen-bond acceptors (Lipinski definition) is 13. The zero-order valence-corrected chi connectivity index (χ0v) is 42.3. The maximum atomic E-state index is 12.6. The smallest absolute Gasteiger partial charge is 0.416 e. The molecule has 6 rings (SSSR count). The van der Waals surface area contributed by atoms with Crippen LogP contribution in [0, 0.1) is 11.8 Å². The molecule has 2 aromatic rings. The van der Waals surface area contributed by atoms with Gasteiger partial charge in [-0.05, 0) is 141 Å². The van der Waals surface area contributed by atoms with Gasteiger partial charge in [0.25, 0.3) is 0 Å².